The molecule has 4 aromatic carbocycles. The first kappa shape index (κ1) is 24.7. The Kier molecular flexibility index (Phi) is 9.13. The molecule has 0 amide bonds. The van der Waals surface area contributed by atoms with E-state index in [1.807, 2.05) is 6.21 Å². The van der Waals surface area contributed by atoms with E-state index in [1.54, 1.807) is 0 Å². The van der Waals surface area contributed by atoms with Crippen molar-refractivity contribution in [2.75, 3.05) is 0 Å². The molecule has 0 saturated carbocycles. The van der Waals surface area contributed by atoms with E-state index in [2.05, 4.69) is 140 Å². The molecule has 0 aliphatic rings. The maximum atomic E-state index is 5.23. The molecule has 2 heteroatoms. The van der Waals surface area contributed by atoms with Crippen LogP contribution in [0.4, 0.5) is 0 Å². The molecule has 174 valence electrons. The molecule has 0 aliphatic heterocycles. The summed E-state index contributed by atoms with van der Waals surface area (Å²) in [4.78, 5) is 5.62. The van der Waals surface area contributed by atoms with Crippen LogP contribution in [0.3, 0.4) is 0 Å². The molecule has 0 fully saturated rings. The van der Waals surface area contributed by atoms with Crippen LogP contribution < -0.4 is 4.46 Å². The first-order chi connectivity index (χ1) is 17.3. The van der Waals surface area contributed by atoms with Crippen LogP contribution >= 0.6 is 0 Å². The van der Waals surface area contributed by atoms with Gasteiger partial charge in [0.15, 0.2) is 0 Å². The number of nitrogens with zero attached hydrogens (tertiary/aromatic N) is 1. The van der Waals surface area contributed by atoms with Crippen molar-refractivity contribution in [3.05, 3.63) is 138 Å². The third kappa shape index (κ3) is 6.40. The molecule has 0 spiro atoms. The number of aliphatic imine (C=N–C) groups is 1. The molecule has 0 saturated heterocycles. The summed E-state index contributed by atoms with van der Waals surface area (Å²) in [6.07, 6.45) is 5.36. The topological polar surface area (TPSA) is 12.4 Å². The van der Waals surface area contributed by atoms with E-state index in [9.17, 15) is 0 Å². The molecule has 0 aromatic heterocycles. The molecule has 1 nitrogen and oxygen atoms in total. The number of unbranched alkanes of at least 4 members (excludes halogenated alkanes) is 1. The molecule has 1 atom stereocenters. The van der Waals surface area contributed by atoms with Crippen LogP contribution in [0.25, 0.3) is 0 Å². The Morgan fingerprint density at radius 3 is 1.63 bits per heavy atom. The Labute approximate surface area is 216 Å². The minimum atomic E-state index is -0.651. The summed E-state index contributed by atoms with van der Waals surface area (Å²) >= 11 is 0.326. The number of hydrogen-bond acceptors (Lipinski definition) is 1. The Hall–Kier alpha value is -3.37. The van der Waals surface area contributed by atoms with Gasteiger partial charge in [-0.3, -0.25) is 0 Å². The van der Waals surface area contributed by atoms with E-state index in [1.165, 1.54) is 17.3 Å². The van der Waals surface area contributed by atoms with Crippen molar-refractivity contribution < 1.29 is 0 Å². The zero-order valence-corrected chi connectivity index (χ0v) is 21.9. The molecule has 4 rings (SSSR count). The van der Waals surface area contributed by atoms with Crippen LogP contribution in [0.1, 0.15) is 42.9 Å². The molecular weight excluding hydrogens is 489 g/mol. The normalized spacial score (nSPS) is 12.1. The molecule has 0 heterocycles. The zero-order chi connectivity index (χ0) is 24.2. The first-order valence-electron chi connectivity index (χ1n) is 12.3. The van der Waals surface area contributed by atoms with Crippen LogP contribution in [0, 0.1) is 11.8 Å². The molecule has 0 N–H and O–H groups in total. The van der Waals surface area contributed by atoms with Crippen molar-refractivity contribution >= 4 is 25.6 Å². The molecular formula is C33H31NSe. The average molecular weight is 521 g/mol. The standard InChI is InChI=1S/C33H31NSe/c1-2-3-23-31(35-32-24-14-7-15-25-32)26-16-27-34-33(28-17-8-4-9-18-28,29-19-10-5-11-20-29)30-21-12-6-13-22-30/h4-15,17-22,24-25,27,31H,2-3,23H2,1H3. The summed E-state index contributed by atoms with van der Waals surface area (Å²) in [5.41, 5.74) is 2.74. The SMILES string of the molecule is CCCCC(C#CC=NC(c1ccccc1)(c1ccccc1)c1ccccc1)[Se]c1ccccc1. The molecule has 4 aromatic rings. The van der Waals surface area contributed by atoms with Gasteiger partial charge in [-0.05, 0) is 0 Å². The van der Waals surface area contributed by atoms with Crippen molar-refractivity contribution in [3.63, 3.8) is 0 Å². The Morgan fingerprint density at radius 2 is 1.17 bits per heavy atom. The summed E-state index contributed by atoms with van der Waals surface area (Å²) in [6.45, 7) is 2.25. The third-order valence-electron chi connectivity index (χ3n) is 5.98. The van der Waals surface area contributed by atoms with E-state index in [0.29, 0.717) is 19.8 Å². The fourth-order valence-electron chi connectivity index (χ4n) is 4.23. The van der Waals surface area contributed by atoms with Crippen LogP contribution in [-0.2, 0) is 5.54 Å². The molecule has 35 heavy (non-hydrogen) atoms. The maximum absolute atomic E-state index is 5.23. The van der Waals surface area contributed by atoms with Gasteiger partial charge in [0, 0.05) is 0 Å². The van der Waals surface area contributed by atoms with Crippen molar-refractivity contribution in [2.24, 2.45) is 4.99 Å². The number of hydrogen-bond donors (Lipinski definition) is 0. The van der Waals surface area contributed by atoms with Crippen LogP contribution in [0.15, 0.2) is 126 Å². The Morgan fingerprint density at radius 1 is 0.714 bits per heavy atom. The Balaban J connectivity index is 1.74. The summed E-state index contributed by atoms with van der Waals surface area (Å²) in [5.74, 6) is 6.91. The van der Waals surface area contributed by atoms with Gasteiger partial charge in [0.1, 0.15) is 0 Å². The monoisotopic (exact) mass is 521 g/mol. The molecule has 0 radical (unpaired) electrons. The van der Waals surface area contributed by atoms with E-state index in [-0.39, 0.29) is 0 Å². The average Bonchev–Trinajstić information content (AvgIpc) is 2.94. The fraction of sp³-hybridized carbons (Fsp3) is 0.182. The second-order valence-corrected chi connectivity index (χ2v) is 11.1. The van der Waals surface area contributed by atoms with Crippen LogP contribution in [0.2, 0.25) is 4.82 Å². The third-order valence-corrected chi connectivity index (χ3v) is 8.46. The summed E-state index contributed by atoms with van der Waals surface area (Å²) in [5, 5.41) is 0. The van der Waals surface area contributed by atoms with Gasteiger partial charge in [-0.2, -0.15) is 0 Å². The minimum absolute atomic E-state index is 0.326. The van der Waals surface area contributed by atoms with Crippen molar-refractivity contribution in [1.29, 1.82) is 0 Å². The van der Waals surface area contributed by atoms with Gasteiger partial charge >= 0.3 is 217 Å². The van der Waals surface area contributed by atoms with Gasteiger partial charge in [0.2, 0.25) is 0 Å². The van der Waals surface area contributed by atoms with Gasteiger partial charge in [0.05, 0.1) is 0 Å². The second kappa shape index (κ2) is 12.9. The van der Waals surface area contributed by atoms with Gasteiger partial charge < -0.3 is 0 Å². The molecule has 0 bridgehead atoms. The number of benzene rings is 4. The van der Waals surface area contributed by atoms with Gasteiger partial charge in [-0.1, -0.05) is 0 Å². The van der Waals surface area contributed by atoms with Crippen molar-refractivity contribution in [2.45, 2.75) is 36.5 Å². The van der Waals surface area contributed by atoms with Gasteiger partial charge in [-0.25, -0.2) is 0 Å². The first-order valence-corrected chi connectivity index (χ1v) is 14.1. The van der Waals surface area contributed by atoms with Gasteiger partial charge in [-0.15, -0.1) is 0 Å². The van der Waals surface area contributed by atoms with Crippen LogP contribution in [-0.4, -0.2) is 21.2 Å². The van der Waals surface area contributed by atoms with E-state index < -0.39 is 5.54 Å². The second-order valence-electron chi connectivity index (χ2n) is 8.42. The number of rotatable bonds is 9. The molecule has 1 unspecified atom stereocenters. The van der Waals surface area contributed by atoms with Gasteiger partial charge in [0.25, 0.3) is 0 Å². The quantitative estimate of drug-likeness (QED) is 0.0970. The van der Waals surface area contributed by atoms with Crippen LogP contribution in [0.5, 0.6) is 0 Å². The predicted octanol–water partition coefficient (Wildman–Crippen LogP) is 7.06. The summed E-state index contributed by atoms with van der Waals surface area (Å²) in [6, 6.07) is 42.4. The predicted molar refractivity (Wildman–Crippen MR) is 151 cm³/mol. The fourth-order valence-corrected chi connectivity index (χ4v) is 6.45. The zero-order valence-electron chi connectivity index (χ0n) is 20.2. The van der Waals surface area contributed by atoms with Crippen molar-refractivity contribution in [3.8, 4) is 11.8 Å². The molecule has 0 aliphatic carbocycles. The van der Waals surface area contributed by atoms with E-state index in [4.69, 9.17) is 4.99 Å². The Bertz CT molecular complexity index is 1140. The van der Waals surface area contributed by atoms with Crippen molar-refractivity contribution in [1.82, 2.24) is 0 Å². The van der Waals surface area contributed by atoms with E-state index >= 15 is 0 Å². The summed E-state index contributed by atoms with van der Waals surface area (Å²) < 4.78 is 1.40. The summed E-state index contributed by atoms with van der Waals surface area (Å²) in [7, 11) is 0. The van der Waals surface area contributed by atoms with E-state index in [0.717, 1.165) is 23.1 Å².